The molecule has 0 amide bonds. The molecule has 1 aromatic rings. The Hall–Kier alpha value is -0.960. The van der Waals surface area contributed by atoms with Crippen LogP contribution in [0.4, 0.5) is 0 Å². The zero-order chi connectivity index (χ0) is 15.4. The molecule has 8 heteroatoms. The van der Waals surface area contributed by atoms with Gasteiger partial charge in [0.05, 0.1) is 22.0 Å². The zero-order valence-corrected chi connectivity index (χ0v) is 14.8. The van der Waals surface area contributed by atoms with E-state index in [1.54, 1.807) is 18.4 Å². The van der Waals surface area contributed by atoms with E-state index in [9.17, 15) is 4.79 Å². The molecule has 1 aliphatic heterocycles. The summed E-state index contributed by atoms with van der Waals surface area (Å²) >= 11 is 10.2. The van der Waals surface area contributed by atoms with Crippen LogP contribution in [0.5, 0.6) is 0 Å². The third-order valence-corrected chi connectivity index (χ3v) is 4.80. The molecule has 114 valence electrons. The number of hydrogen-bond donors (Lipinski definition) is 2. The Morgan fingerprint density at radius 3 is 2.86 bits per heavy atom. The molecule has 1 atom stereocenters. The van der Waals surface area contributed by atoms with Gasteiger partial charge in [0.25, 0.3) is 0 Å². The highest BCUT2D eigenvalue weighted by Crippen LogP contribution is 2.34. The van der Waals surface area contributed by atoms with Gasteiger partial charge in [-0.1, -0.05) is 0 Å². The van der Waals surface area contributed by atoms with Crippen LogP contribution < -0.4 is 10.6 Å². The number of esters is 1. The average molecular weight is 391 g/mol. The van der Waals surface area contributed by atoms with Crippen molar-refractivity contribution in [3.8, 4) is 0 Å². The van der Waals surface area contributed by atoms with Crippen LogP contribution in [0, 0.1) is 0 Å². The minimum absolute atomic E-state index is 0.220. The van der Waals surface area contributed by atoms with Crippen LogP contribution in [0.25, 0.3) is 0 Å². The topological polar surface area (TPSA) is 59.6 Å². The Morgan fingerprint density at radius 2 is 2.24 bits per heavy atom. The summed E-state index contributed by atoms with van der Waals surface area (Å²) in [4.78, 5) is 13.3. The first-order valence-electron chi connectivity index (χ1n) is 6.22. The van der Waals surface area contributed by atoms with Gasteiger partial charge in [0, 0.05) is 17.7 Å². The van der Waals surface area contributed by atoms with Crippen LogP contribution in [0.15, 0.2) is 27.2 Å². The highest BCUT2D eigenvalue weighted by molar-refractivity contribution is 9.11. The van der Waals surface area contributed by atoms with Crippen molar-refractivity contribution in [1.29, 1.82) is 0 Å². The number of hydrogen-bond acceptors (Lipinski definition) is 5. The van der Waals surface area contributed by atoms with Gasteiger partial charge < -0.3 is 20.1 Å². The summed E-state index contributed by atoms with van der Waals surface area (Å²) in [6, 6.07) is 3.59. The molecular formula is C13H15BrN2O3S2. The van der Waals surface area contributed by atoms with Crippen LogP contribution in [-0.4, -0.2) is 31.4 Å². The largest absolute Gasteiger partial charge is 0.460 e. The van der Waals surface area contributed by atoms with E-state index >= 15 is 0 Å². The van der Waals surface area contributed by atoms with Crippen molar-refractivity contribution in [1.82, 2.24) is 10.6 Å². The molecule has 0 unspecified atom stereocenters. The number of carbonyl (C=O) groups excluding carboxylic acids is 1. The standard InChI is InChI=1S/C13H15BrN2O3S2/c1-7-10(12(17)19-6-5-18-2)11(16-13(20)15-7)8-3-4-9(14)21-8/h3-4,11H,5-6H2,1-2H3,(H2,15,16,20)/t11-/m0/s1. The molecule has 1 aliphatic rings. The minimum Gasteiger partial charge on any atom is -0.460 e. The van der Waals surface area contributed by atoms with E-state index in [-0.39, 0.29) is 18.6 Å². The first-order valence-corrected chi connectivity index (χ1v) is 8.24. The molecule has 0 fully saturated rings. The van der Waals surface area contributed by atoms with Crippen molar-refractivity contribution >= 4 is 50.6 Å². The molecular weight excluding hydrogens is 376 g/mol. The van der Waals surface area contributed by atoms with E-state index in [0.29, 0.717) is 23.0 Å². The molecule has 0 saturated heterocycles. The zero-order valence-electron chi connectivity index (χ0n) is 11.6. The summed E-state index contributed by atoms with van der Waals surface area (Å²) in [5.74, 6) is -0.374. The van der Waals surface area contributed by atoms with Gasteiger partial charge in [-0.25, -0.2) is 4.79 Å². The third-order valence-electron chi connectivity index (χ3n) is 2.89. The number of ether oxygens (including phenoxy) is 2. The van der Waals surface area contributed by atoms with E-state index in [4.69, 9.17) is 21.7 Å². The number of carbonyl (C=O) groups is 1. The molecule has 2 rings (SSSR count). The number of methoxy groups -OCH3 is 1. The van der Waals surface area contributed by atoms with Crippen molar-refractivity contribution in [2.45, 2.75) is 13.0 Å². The van der Waals surface area contributed by atoms with Crippen LogP contribution in [-0.2, 0) is 14.3 Å². The van der Waals surface area contributed by atoms with Crippen molar-refractivity contribution in [2.24, 2.45) is 0 Å². The first-order chi connectivity index (χ1) is 10.0. The number of rotatable bonds is 5. The van der Waals surface area contributed by atoms with E-state index < -0.39 is 0 Å². The molecule has 5 nitrogen and oxygen atoms in total. The predicted octanol–water partition coefficient (Wildman–Crippen LogP) is 2.49. The molecule has 0 aliphatic carbocycles. The lowest BCUT2D eigenvalue weighted by molar-refractivity contribution is -0.140. The molecule has 1 aromatic heterocycles. The number of thiocarbonyl (C=S) groups is 1. The molecule has 0 radical (unpaired) electrons. The monoisotopic (exact) mass is 390 g/mol. The summed E-state index contributed by atoms with van der Waals surface area (Å²) in [5.41, 5.74) is 1.24. The number of nitrogens with one attached hydrogen (secondary N) is 2. The fourth-order valence-electron chi connectivity index (χ4n) is 1.96. The first kappa shape index (κ1) is 16.4. The third kappa shape index (κ3) is 4.03. The Morgan fingerprint density at radius 1 is 1.48 bits per heavy atom. The fourth-order valence-corrected chi connectivity index (χ4v) is 3.71. The van der Waals surface area contributed by atoms with Crippen molar-refractivity contribution in [3.63, 3.8) is 0 Å². The van der Waals surface area contributed by atoms with Crippen LogP contribution in [0.3, 0.4) is 0 Å². The molecule has 21 heavy (non-hydrogen) atoms. The van der Waals surface area contributed by atoms with Crippen LogP contribution in [0.2, 0.25) is 0 Å². The van der Waals surface area contributed by atoms with E-state index in [2.05, 4.69) is 26.6 Å². The highest BCUT2D eigenvalue weighted by atomic mass is 79.9. The van der Waals surface area contributed by atoms with Crippen LogP contribution in [0.1, 0.15) is 17.8 Å². The highest BCUT2D eigenvalue weighted by Gasteiger charge is 2.31. The van der Waals surface area contributed by atoms with Gasteiger partial charge in [0.2, 0.25) is 0 Å². The predicted molar refractivity (Wildman–Crippen MR) is 89.2 cm³/mol. The van der Waals surface area contributed by atoms with Gasteiger partial charge >= 0.3 is 5.97 Å². The second kappa shape index (κ2) is 7.35. The lowest BCUT2D eigenvalue weighted by atomic mass is 10.0. The Labute approximate surface area is 140 Å². The van der Waals surface area contributed by atoms with Gasteiger partial charge in [-0.3, -0.25) is 0 Å². The number of allylic oxidation sites excluding steroid dienone is 1. The Balaban J connectivity index is 2.26. The fraction of sp³-hybridized carbons (Fsp3) is 0.385. The van der Waals surface area contributed by atoms with E-state index in [1.807, 2.05) is 19.1 Å². The van der Waals surface area contributed by atoms with Crippen molar-refractivity contribution < 1.29 is 14.3 Å². The van der Waals surface area contributed by atoms with Gasteiger partial charge in [-0.2, -0.15) is 0 Å². The maximum absolute atomic E-state index is 12.3. The van der Waals surface area contributed by atoms with Gasteiger partial charge in [0.1, 0.15) is 6.61 Å². The molecule has 0 spiro atoms. The van der Waals surface area contributed by atoms with Gasteiger partial charge in [-0.05, 0) is 47.2 Å². The molecule has 2 heterocycles. The summed E-state index contributed by atoms with van der Waals surface area (Å²) < 4.78 is 11.1. The van der Waals surface area contributed by atoms with Gasteiger partial charge in [-0.15, -0.1) is 11.3 Å². The second-order valence-corrected chi connectivity index (χ2v) is 7.24. The average Bonchev–Trinajstić information content (AvgIpc) is 2.84. The number of thiophene rings is 1. The molecule has 2 N–H and O–H groups in total. The van der Waals surface area contributed by atoms with Gasteiger partial charge in [0.15, 0.2) is 5.11 Å². The quantitative estimate of drug-likeness (QED) is 0.457. The maximum atomic E-state index is 12.3. The summed E-state index contributed by atoms with van der Waals surface area (Å²) in [7, 11) is 1.56. The molecule has 0 saturated carbocycles. The summed E-state index contributed by atoms with van der Waals surface area (Å²) in [6.45, 7) is 2.40. The SMILES string of the molecule is COCCOC(=O)C1=C(C)NC(=S)N[C@H]1c1ccc(Br)s1. The lowest BCUT2D eigenvalue weighted by Gasteiger charge is -2.28. The molecule has 0 bridgehead atoms. The number of halogens is 1. The Kier molecular flexibility index (Phi) is 5.74. The Bertz CT molecular complexity index is 586. The second-order valence-electron chi connectivity index (χ2n) is 4.34. The summed E-state index contributed by atoms with van der Waals surface area (Å²) in [5, 5.41) is 6.58. The van der Waals surface area contributed by atoms with Crippen LogP contribution >= 0.6 is 39.5 Å². The maximum Gasteiger partial charge on any atom is 0.338 e. The minimum atomic E-state index is -0.374. The summed E-state index contributed by atoms with van der Waals surface area (Å²) in [6.07, 6.45) is 0. The van der Waals surface area contributed by atoms with Crippen molar-refractivity contribution in [2.75, 3.05) is 20.3 Å². The normalized spacial score (nSPS) is 18.2. The molecule has 0 aromatic carbocycles. The van der Waals surface area contributed by atoms with E-state index in [0.717, 1.165) is 8.66 Å². The van der Waals surface area contributed by atoms with E-state index in [1.165, 1.54) is 0 Å². The van der Waals surface area contributed by atoms with Crippen molar-refractivity contribution in [3.05, 3.63) is 32.1 Å². The lowest BCUT2D eigenvalue weighted by Crippen LogP contribution is -2.45. The smallest absolute Gasteiger partial charge is 0.338 e.